The van der Waals surface area contributed by atoms with E-state index in [1.807, 2.05) is 0 Å². The summed E-state index contributed by atoms with van der Waals surface area (Å²) >= 11 is 5.86. The summed E-state index contributed by atoms with van der Waals surface area (Å²) in [5.41, 5.74) is 5.72. The van der Waals surface area contributed by atoms with E-state index in [-0.39, 0.29) is 21.8 Å². The smallest absolute Gasteiger partial charge is 0.246 e. The second-order valence-electron chi connectivity index (χ2n) is 5.49. The molecule has 1 aromatic rings. The van der Waals surface area contributed by atoms with Gasteiger partial charge in [0.1, 0.15) is 10.7 Å². The number of morpholine rings is 1. The van der Waals surface area contributed by atoms with Gasteiger partial charge in [-0.25, -0.2) is 13.4 Å². The fourth-order valence-corrected chi connectivity index (χ4v) is 4.75. The molecule has 2 saturated heterocycles. The summed E-state index contributed by atoms with van der Waals surface area (Å²) in [6, 6.07) is 1.59. The summed E-state index contributed by atoms with van der Waals surface area (Å²) in [7, 11) is -3.66. The van der Waals surface area contributed by atoms with Crippen molar-refractivity contribution in [2.24, 2.45) is 0 Å². The molecule has 3 rings (SSSR count). The van der Waals surface area contributed by atoms with E-state index in [0.717, 1.165) is 19.5 Å². The number of sulfonamides is 1. The third-order valence-corrected chi connectivity index (χ3v) is 6.26. The van der Waals surface area contributed by atoms with E-state index < -0.39 is 10.0 Å². The molecule has 1 unspecified atom stereocenters. The molecule has 0 saturated carbocycles. The van der Waals surface area contributed by atoms with Crippen LogP contribution in [0, 0.1) is 0 Å². The standard InChI is InChI=1S/C13H19ClN4O3S/c14-10-7-12(13(15)16-8-10)22(19,20)18-2-1-11(9-18)17-3-5-21-6-4-17/h7-8,11H,1-6,9H2,(H2,15,16). The van der Waals surface area contributed by atoms with E-state index in [0.29, 0.717) is 26.3 Å². The average molecular weight is 347 g/mol. The van der Waals surface area contributed by atoms with Gasteiger partial charge in [0.15, 0.2) is 0 Å². The molecule has 2 fully saturated rings. The predicted octanol–water partition coefficient (Wildman–Crippen LogP) is 0.412. The highest BCUT2D eigenvalue weighted by molar-refractivity contribution is 7.89. The van der Waals surface area contributed by atoms with Crippen molar-refractivity contribution in [3.63, 3.8) is 0 Å². The Morgan fingerprint density at radius 1 is 1.32 bits per heavy atom. The molecule has 1 aromatic heterocycles. The molecule has 2 aliphatic rings. The van der Waals surface area contributed by atoms with Crippen LogP contribution in [0.15, 0.2) is 17.2 Å². The van der Waals surface area contributed by atoms with Crippen LogP contribution in [0.2, 0.25) is 5.02 Å². The van der Waals surface area contributed by atoms with E-state index in [9.17, 15) is 8.42 Å². The number of nitrogen functional groups attached to an aromatic ring is 1. The molecule has 3 heterocycles. The second kappa shape index (κ2) is 6.29. The molecule has 0 bridgehead atoms. The van der Waals surface area contributed by atoms with Crippen LogP contribution < -0.4 is 5.73 Å². The number of pyridine rings is 1. The van der Waals surface area contributed by atoms with Crippen LogP contribution in [0.3, 0.4) is 0 Å². The van der Waals surface area contributed by atoms with Gasteiger partial charge in [-0.15, -0.1) is 0 Å². The molecule has 0 radical (unpaired) electrons. The minimum atomic E-state index is -3.66. The lowest BCUT2D eigenvalue weighted by Gasteiger charge is -2.32. The maximum atomic E-state index is 12.7. The van der Waals surface area contributed by atoms with Gasteiger partial charge in [-0.1, -0.05) is 11.6 Å². The maximum absolute atomic E-state index is 12.7. The van der Waals surface area contributed by atoms with Crippen LogP contribution in [0.4, 0.5) is 5.82 Å². The van der Waals surface area contributed by atoms with Gasteiger partial charge in [-0.2, -0.15) is 4.31 Å². The summed E-state index contributed by atoms with van der Waals surface area (Å²) in [5.74, 6) is -0.0146. The Morgan fingerprint density at radius 2 is 2.05 bits per heavy atom. The summed E-state index contributed by atoms with van der Waals surface area (Å²) in [6.45, 7) is 4.05. The Hall–Kier alpha value is -0.930. The molecule has 0 aromatic carbocycles. The van der Waals surface area contributed by atoms with Crippen molar-refractivity contribution in [2.45, 2.75) is 17.4 Å². The van der Waals surface area contributed by atoms with Gasteiger partial charge in [0.2, 0.25) is 10.0 Å². The van der Waals surface area contributed by atoms with Crippen molar-refractivity contribution in [3.8, 4) is 0 Å². The van der Waals surface area contributed by atoms with E-state index in [1.165, 1.54) is 16.6 Å². The van der Waals surface area contributed by atoms with E-state index in [4.69, 9.17) is 22.1 Å². The molecule has 0 spiro atoms. The van der Waals surface area contributed by atoms with E-state index in [2.05, 4.69) is 9.88 Å². The second-order valence-corrected chi connectivity index (χ2v) is 7.83. The molecule has 0 amide bonds. The molecule has 2 N–H and O–H groups in total. The first kappa shape index (κ1) is 15.9. The van der Waals surface area contributed by atoms with Crippen molar-refractivity contribution in [2.75, 3.05) is 45.1 Å². The highest BCUT2D eigenvalue weighted by Crippen LogP contribution is 2.28. The largest absolute Gasteiger partial charge is 0.383 e. The van der Waals surface area contributed by atoms with Crippen molar-refractivity contribution < 1.29 is 13.2 Å². The predicted molar refractivity (Wildman–Crippen MR) is 83.2 cm³/mol. The van der Waals surface area contributed by atoms with Gasteiger partial charge in [-0.3, -0.25) is 4.90 Å². The number of nitrogens with zero attached hydrogens (tertiary/aromatic N) is 3. The van der Waals surface area contributed by atoms with Crippen molar-refractivity contribution in [1.29, 1.82) is 0 Å². The number of ether oxygens (including phenoxy) is 1. The average Bonchev–Trinajstić information content (AvgIpc) is 3.01. The summed E-state index contributed by atoms with van der Waals surface area (Å²) in [4.78, 5) is 6.12. The lowest BCUT2D eigenvalue weighted by molar-refractivity contribution is 0.0197. The number of nitrogens with two attached hydrogens (primary N) is 1. The van der Waals surface area contributed by atoms with E-state index >= 15 is 0 Å². The van der Waals surface area contributed by atoms with Gasteiger partial charge < -0.3 is 10.5 Å². The Balaban J connectivity index is 1.77. The zero-order valence-corrected chi connectivity index (χ0v) is 13.7. The molecule has 9 heteroatoms. The first-order valence-electron chi connectivity index (χ1n) is 7.21. The zero-order chi connectivity index (χ0) is 15.7. The fourth-order valence-electron chi connectivity index (χ4n) is 2.95. The summed E-state index contributed by atoms with van der Waals surface area (Å²) in [5, 5.41) is 0.261. The van der Waals surface area contributed by atoms with Crippen LogP contribution in [0.25, 0.3) is 0 Å². The Bertz CT molecular complexity index is 649. The summed E-state index contributed by atoms with van der Waals surface area (Å²) in [6.07, 6.45) is 2.16. The first-order valence-corrected chi connectivity index (χ1v) is 9.03. The number of halogens is 1. The number of hydrogen-bond donors (Lipinski definition) is 1. The minimum Gasteiger partial charge on any atom is -0.383 e. The Morgan fingerprint density at radius 3 is 2.77 bits per heavy atom. The normalized spacial score (nSPS) is 24.7. The van der Waals surface area contributed by atoms with E-state index in [1.54, 1.807) is 0 Å². The van der Waals surface area contributed by atoms with Crippen LogP contribution in [0.5, 0.6) is 0 Å². The van der Waals surface area contributed by atoms with Crippen LogP contribution in [-0.4, -0.2) is 68.0 Å². The van der Waals surface area contributed by atoms with Gasteiger partial charge in [0, 0.05) is 38.4 Å². The van der Waals surface area contributed by atoms with Crippen LogP contribution >= 0.6 is 11.6 Å². The summed E-state index contributed by atoms with van der Waals surface area (Å²) < 4.78 is 32.3. The molecule has 7 nitrogen and oxygen atoms in total. The minimum absolute atomic E-state index is 0.0115. The fraction of sp³-hybridized carbons (Fsp3) is 0.615. The number of rotatable bonds is 3. The van der Waals surface area contributed by atoms with Crippen molar-refractivity contribution >= 4 is 27.4 Å². The molecule has 22 heavy (non-hydrogen) atoms. The lowest BCUT2D eigenvalue weighted by atomic mass is 10.2. The van der Waals surface area contributed by atoms with Gasteiger partial charge >= 0.3 is 0 Å². The number of anilines is 1. The molecule has 0 aliphatic carbocycles. The van der Waals surface area contributed by atoms with Gasteiger partial charge in [-0.05, 0) is 12.5 Å². The van der Waals surface area contributed by atoms with Gasteiger partial charge in [0.05, 0.1) is 18.2 Å². The molecular formula is C13H19ClN4O3S. The quantitative estimate of drug-likeness (QED) is 0.853. The molecular weight excluding hydrogens is 328 g/mol. The highest BCUT2D eigenvalue weighted by atomic mass is 35.5. The maximum Gasteiger partial charge on any atom is 0.246 e. The van der Waals surface area contributed by atoms with Gasteiger partial charge in [0.25, 0.3) is 0 Å². The first-order chi connectivity index (χ1) is 10.5. The monoisotopic (exact) mass is 346 g/mol. The number of aromatic nitrogens is 1. The van der Waals surface area contributed by atoms with Crippen molar-refractivity contribution in [3.05, 3.63) is 17.3 Å². The van der Waals surface area contributed by atoms with Crippen LogP contribution in [-0.2, 0) is 14.8 Å². The Kier molecular flexibility index (Phi) is 4.56. The third-order valence-electron chi connectivity index (χ3n) is 4.15. The SMILES string of the molecule is Nc1ncc(Cl)cc1S(=O)(=O)N1CCC(N2CCOCC2)C1. The molecule has 2 aliphatic heterocycles. The third kappa shape index (κ3) is 3.07. The van der Waals surface area contributed by atoms with Crippen LogP contribution in [0.1, 0.15) is 6.42 Å². The highest BCUT2D eigenvalue weighted by Gasteiger charge is 2.36. The zero-order valence-electron chi connectivity index (χ0n) is 12.1. The molecule has 122 valence electrons. The lowest BCUT2D eigenvalue weighted by Crippen LogP contribution is -2.45. The van der Waals surface area contributed by atoms with Crippen molar-refractivity contribution in [1.82, 2.24) is 14.2 Å². The Labute approximate surface area is 135 Å². The topological polar surface area (TPSA) is 88.8 Å². The number of hydrogen-bond acceptors (Lipinski definition) is 6. The molecule has 1 atom stereocenters.